The normalized spacial score (nSPS) is 13.1. The number of hydrogen-bond acceptors (Lipinski definition) is 4. The van der Waals surface area contributed by atoms with Gasteiger partial charge in [0.05, 0.1) is 11.0 Å². The van der Waals surface area contributed by atoms with Crippen LogP contribution in [0, 0.1) is 0 Å². The number of benzene rings is 3. The zero-order chi connectivity index (χ0) is 23.8. The van der Waals surface area contributed by atoms with Crippen LogP contribution >= 0.6 is 0 Å². The van der Waals surface area contributed by atoms with Crippen LogP contribution in [0.5, 0.6) is 0 Å². The maximum atomic E-state index is 13.2. The monoisotopic (exact) mass is 493 g/mol. The van der Waals surface area contributed by atoms with Crippen molar-refractivity contribution < 1.29 is 8.42 Å². The SMILES string of the molecule is O=S(c1ccc2c(c1)c1cc(S(=O)c3ccccn3)ccc1n2-c1ccccc1)c1ccccn1. The fourth-order valence-corrected chi connectivity index (χ4v) is 6.26. The van der Waals surface area contributed by atoms with Crippen LogP contribution in [0.1, 0.15) is 0 Å². The van der Waals surface area contributed by atoms with Crippen molar-refractivity contribution in [1.29, 1.82) is 0 Å². The molecule has 3 aromatic carbocycles. The van der Waals surface area contributed by atoms with Crippen LogP contribution < -0.4 is 0 Å². The second-order valence-electron chi connectivity index (χ2n) is 7.90. The van der Waals surface area contributed by atoms with Crippen LogP contribution in [0.2, 0.25) is 0 Å². The second kappa shape index (κ2) is 9.02. The van der Waals surface area contributed by atoms with Gasteiger partial charge < -0.3 is 4.57 Å². The summed E-state index contributed by atoms with van der Waals surface area (Å²) in [6, 6.07) is 32.6. The first-order valence-electron chi connectivity index (χ1n) is 11.0. The van der Waals surface area contributed by atoms with E-state index in [2.05, 4.69) is 26.7 Å². The van der Waals surface area contributed by atoms with Crippen molar-refractivity contribution in [3.8, 4) is 5.69 Å². The minimum absolute atomic E-state index is 0.510. The zero-order valence-corrected chi connectivity index (χ0v) is 20.1. The summed E-state index contributed by atoms with van der Waals surface area (Å²) in [4.78, 5) is 9.87. The van der Waals surface area contributed by atoms with E-state index in [1.54, 1.807) is 36.7 Å². The molecule has 0 saturated heterocycles. The molecule has 0 N–H and O–H groups in total. The van der Waals surface area contributed by atoms with E-state index in [1.807, 2.05) is 66.7 Å². The third-order valence-corrected chi connectivity index (χ3v) is 8.41. The predicted molar refractivity (Wildman–Crippen MR) is 139 cm³/mol. The summed E-state index contributed by atoms with van der Waals surface area (Å²) in [5, 5.41) is 2.89. The van der Waals surface area contributed by atoms with Gasteiger partial charge in [-0.2, -0.15) is 0 Å². The fraction of sp³-hybridized carbons (Fsp3) is 0. The molecule has 3 heterocycles. The highest BCUT2D eigenvalue weighted by molar-refractivity contribution is 7.85. The van der Waals surface area contributed by atoms with Crippen LogP contribution in [0.25, 0.3) is 27.5 Å². The van der Waals surface area contributed by atoms with Crippen LogP contribution in [0.4, 0.5) is 0 Å². The molecule has 170 valence electrons. The minimum atomic E-state index is -1.42. The van der Waals surface area contributed by atoms with E-state index in [4.69, 9.17) is 0 Å². The lowest BCUT2D eigenvalue weighted by Gasteiger charge is -2.08. The van der Waals surface area contributed by atoms with E-state index in [9.17, 15) is 8.42 Å². The van der Waals surface area contributed by atoms with E-state index in [0.717, 1.165) is 27.5 Å². The number of para-hydroxylation sites is 1. The first-order valence-corrected chi connectivity index (χ1v) is 13.3. The summed E-state index contributed by atoms with van der Waals surface area (Å²) in [5.41, 5.74) is 2.98. The molecule has 0 fully saturated rings. The van der Waals surface area contributed by atoms with Gasteiger partial charge in [-0.05, 0) is 72.8 Å². The van der Waals surface area contributed by atoms with Crippen molar-refractivity contribution in [2.24, 2.45) is 0 Å². The maximum Gasteiger partial charge on any atom is 0.132 e. The number of nitrogens with zero attached hydrogens (tertiary/aromatic N) is 3. The van der Waals surface area contributed by atoms with Crippen molar-refractivity contribution in [3.63, 3.8) is 0 Å². The summed E-state index contributed by atoms with van der Waals surface area (Å²) in [7, 11) is -2.83. The Morgan fingerprint density at radius 3 is 1.49 bits per heavy atom. The first-order chi connectivity index (χ1) is 17.2. The van der Waals surface area contributed by atoms with Crippen molar-refractivity contribution in [3.05, 3.63) is 116 Å². The van der Waals surface area contributed by atoms with Gasteiger partial charge in [-0.1, -0.05) is 30.3 Å². The molecule has 0 aliphatic heterocycles. The molecule has 6 rings (SSSR count). The van der Waals surface area contributed by atoms with Gasteiger partial charge in [0.15, 0.2) is 0 Å². The molecule has 2 unspecified atom stereocenters. The van der Waals surface area contributed by atoms with E-state index in [0.29, 0.717) is 19.8 Å². The van der Waals surface area contributed by atoms with E-state index < -0.39 is 21.6 Å². The maximum absolute atomic E-state index is 13.2. The summed E-state index contributed by atoms with van der Waals surface area (Å²) >= 11 is 0. The van der Waals surface area contributed by atoms with Gasteiger partial charge in [-0.25, -0.2) is 18.4 Å². The van der Waals surface area contributed by atoms with Crippen LogP contribution in [0.15, 0.2) is 135 Å². The van der Waals surface area contributed by atoms with Crippen LogP contribution in [-0.2, 0) is 21.6 Å². The topological polar surface area (TPSA) is 64.8 Å². The smallest absolute Gasteiger partial charge is 0.132 e. The molecular formula is C28H19N3O2S2. The molecule has 7 heteroatoms. The van der Waals surface area contributed by atoms with Crippen LogP contribution in [0.3, 0.4) is 0 Å². The minimum Gasteiger partial charge on any atom is -0.309 e. The standard InChI is InChI=1S/C28H19N3O2S2/c32-34(27-10-4-6-16-29-27)21-12-14-25-23(18-21)24-19-22(35(33)28-11-5-7-17-30-28)13-15-26(24)31(25)20-8-2-1-3-9-20/h1-19H. The Labute approximate surface area is 207 Å². The fourth-order valence-electron chi connectivity index (χ4n) is 4.22. The predicted octanol–water partition coefficient (Wildman–Crippen LogP) is 5.91. The number of rotatable bonds is 5. The van der Waals surface area contributed by atoms with E-state index in [1.165, 1.54) is 0 Å². The Bertz CT molecular complexity index is 1610. The van der Waals surface area contributed by atoms with Crippen molar-refractivity contribution >= 4 is 43.4 Å². The lowest BCUT2D eigenvalue weighted by molar-refractivity contribution is 0.679. The van der Waals surface area contributed by atoms with Gasteiger partial charge in [0, 0.05) is 38.6 Å². The molecule has 35 heavy (non-hydrogen) atoms. The Balaban J connectivity index is 1.59. The lowest BCUT2D eigenvalue weighted by Crippen LogP contribution is -1.96. The molecule has 0 spiro atoms. The zero-order valence-electron chi connectivity index (χ0n) is 18.4. The largest absolute Gasteiger partial charge is 0.309 e. The number of aromatic nitrogens is 3. The molecule has 3 aromatic heterocycles. The quantitative estimate of drug-likeness (QED) is 0.300. The molecule has 0 amide bonds. The molecule has 0 aliphatic rings. The molecule has 0 radical (unpaired) electrons. The number of pyridine rings is 2. The molecule has 6 aromatic rings. The van der Waals surface area contributed by atoms with Gasteiger partial charge in [-0.15, -0.1) is 0 Å². The van der Waals surface area contributed by atoms with Gasteiger partial charge >= 0.3 is 0 Å². The highest BCUT2D eigenvalue weighted by Gasteiger charge is 2.18. The van der Waals surface area contributed by atoms with Gasteiger partial charge in [0.25, 0.3) is 0 Å². The molecule has 0 bridgehead atoms. The van der Waals surface area contributed by atoms with Gasteiger partial charge in [0.2, 0.25) is 0 Å². The molecule has 0 aliphatic carbocycles. The summed E-state index contributed by atoms with van der Waals surface area (Å²) in [6.07, 6.45) is 3.29. The summed E-state index contributed by atoms with van der Waals surface area (Å²) in [6.45, 7) is 0. The molecule has 2 atom stereocenters. The highest BCUT2D eigenvalue weighted by Crippen LogP contribution is 2.35. The average Bonchev–Trinajstić information content (AvgIpc) is 3.26. The first kappa shape index (κ1) is 21.6. The van der Waals surface area contributed by atoms with Crippen molar-refractivity contribution in [2.75, 3.05) is 0 Å². The number of hydrogen-bond donors (Lipinski definition) is 0. The van der Waals surface area contributed by atoms with Crippen molar-refractivity contribution in [1.82, 2.24) is 14.5 Å². The second-order valence-corrected chi connectivity index (χ2v) is 10.8. The third kappa shape index (κ3) is 3.88. The highest BCUT2D eigenvalue weighted by atomic mass is 32.2. The Morgan fingerprint density at radius 2 is 1.03 bits per heavy atom. The third-order valence-electron chi connectivity index (χ3n) is 5.81. The van der Waals surface area contributed by atoms with Crippen molar-refractivity contribution in [2.45, 2.75) is 19.8 Å². The molecule has 0 saturated carbocycles. The Hall–Kier alpha value is -3.94. The van der Waals surface area contributed by atoms with E-state index >= 15 is 0 Å². The van der Waals surface area contributed by atoms with Crippen LogP contribution in [-0.4, -0.2) is 23.0 Å². The summed E-state index contributed by atoms with van der Waals surface area (Å²) in [5.74, 6) is 0. The summed E-state index contributed by atoms with van der Waals surface area (Å²) < 4.78 is 28.7. The van der Waals surface area contributed by atoms with Gasteiger partial charge in [-0.3, -0.25) is 0 Å². The van der Waals surface area contributed by atoms with E-state index in [-0.39, 0.29) is 0 Å². The molecular weight excluding hydrogens is 474 g/mol. The van der Waals surface area contributed by atoms with Gasteiger partial charge in [0.1, 0.15) is 31.7 Å². The Kier molecular flexibility index (Phi) is 5.56. The average molecular weight is 494 g/mol. The Morgan fingerprint density at radius 1 is 0.543 bits per heavy atom. The molecule has 5 nitrogen and oxygen atoms in total. The lowest BCUT2D eigenvalue weighted by atomic mass is 10.1. The number of fused-ring (bicyclic) bond motifs is 3.